The molecule has 0 amide bonds. The second-order valence-electron chi connectivity index (χ2n) is 7.80. The second-order valence-corrected chi connectivity index (χ2v) is 7.80. The third-order valence-electron chi connectivity index (χ3n) is 5.98. The number of carbonyl (C=O) groups is 1. The molecule has 0 unspecified atom stereocenters. The molecule has 1 aliphatic carbocycles. The molecule has 6 heteroatoms. The van der Waals surface area contributed by atoms with E-state index in [0.717, 1.165) is 42.9 Å². The summed E-state index contributed by atoms with van der Waals surface area (Å²) in [5.74, 6) is -0.447. The summed E-state index contributed by atoms with van der Waals surface area (Å²) in [6.45, 7) is 7.08. The van der Waals surface area contributed by atoms with Gasteiger partial charge in [-0.2, -0.15) is 13.2 Å². The van der Waals surface area contributed by atoms with E-state index in [1.807, 2.05) is 24.3 Å². The number of benzene rings is 2. The number of ether oxygens (including phenoxy) is 1. The molecular formula is C24H28F3NO2. The third kappa shape index (κ3) is 4.69. The molecular weight excluding hydrogens is 391 g/mol. The van der Waals surface area contributed by atoms with Crippen molar-refractivity contribution in [3.05, 3.63) is 70.8 Å². The van der Waals surface area contributed by atoms with Crippen molar-refractivity contribution in [1.82, 2.24) is 4.90 Å². The van der Waals surface area contributed by atoms with Gasteiger partial charge < -0.3 is 9.64 Å². The van der Waals surface area contributed by atoms with Crippen molar-refractivity contribution in [3.8, 4) is 0 Å². The van der Waals surface area contributed by atoms with Crippen LogP contribution in [0, 0.1) is 0 Å². The van der Waals surface area contributed by atoms with E-state index >= 15 is 0 Å². The van der Waals surface area contributed by atoms with Crippen molar-refractivity contribution in [1.29, 1.82) is 0 Å². The van der Waals surface area contributed by atoms with Crippen LogP contribution in [0.2, 0.25) is 0 Å². The van der Waals surface area contributed by atoms with Crippen LogP contribution in [0.1, 0.15) is 42.5 Å². The quantitative estimate of drug-likeness (QED) is 0.445. The Morgan fingerprint density at radius 1 is 1.03 bits per heavy atom. The fraction of sp³-hybridized carbons (Fsp3) is 0.458. The summed E-state index contributed by atoms with van der Waals surface area (Å²) in [5.41, 5.74) is 0.456. The number of esters is 1. The predicted molar refractivity (Wildman–Crippen MR) is 110 cm³/mol. The second kappa shape index (κ2) is 9.21. The van der Waals surface area contributed by atoms with E-state index in [2.05, 4.69) is 18.7 Å². The van der Waals surface area contributed by atoms with Crippen LogP contribution in [0.25, 0.3) is 0 Å². The van der Waals surface area contributed by atoms with Gasteiger partial charge in [-0.15, -0.1) is 0 Å². The highest BCUT2D eigenvalue weighted by Crippen LogP contribution is 2.42. The summed E-state index contributed by atoms with van der Waals surface area (Å²) in [4.78, 5) is 15.5. The molecule has 0 radical (unpaired) electrons. The molecule has 0 aromatic heterocycles. The zero-order valence-corrected chi connectivity index (χ0v) is 17.5. The SMILES string of the molecule is CCN(CC)CCCOC(=O)C1(c2cccc(C(F)(F)F)c2)Cc2ccccc2C1. The zero-order valence-electron chi connectivity index (χ0n) is 17.5. The molecule has 2 aromatic rings. The van der Waals surface area contributed by atoms with Crippen LogP contribution in [0.4, 0.5) is 13.2 Å². The molecule has 0 saturated carbocycles. The van der Waals surface area contributed by atoms with E-state index in [0.29, 0.717) is 24.8 Å². The molecule has 0 fully saturated rings. The van der Waals surface area contributed by atoms with Crippen LogP contribution in [-0.4, -0.2) is 37.1 Å². The van der Waals surface area contributed by atoms with Gasteiger partial charge in [0, 0.05) is 6.54 Å². The van der Waals surface area contributed by atoms with Gasteiger partial charge in [0.2, 0.25) is 0 Å². The molecule has 162 valence electrons. The van der Waals surface area contributed by atoms with E-state index < -0.39 is 23.1 Å². The van der Waals surface area contributed by atoms with Crippen molar-refractivity contribution >= 4 is 5.97 Å². The highest BCUT2D eigenvalue weighted by atomic mass is 19.4. The van der Waals surface area contributed by atoms with Crippen LogP contribution in [0.15, 0.2) is 48.5 Å². The van der Waals surface area contributed by atoms with Gasteiger partial charge in [-0.3, -0.25) is 4.79 Å². The first-order chi connectivity index (χ1) is 14.3. The topological polar surface area (TPSA) is 29.5 Å². The monoisotopic (exact) mass is 419 g/mol. The van der Waals surface area contributed by atoms with Crippen molar-refractivity contribution in [2.75, 3.05) is 26.2 Å². The van der Waals surface area contributed by atoms with Gasteiger partial charge in [-0.1, -0.05) is 56.3 Å². The normalized spacial score (nSPS) is 15.3. The van der Waals surface area contributed by atoms with Crippen molar-refractivity contribution in [2.24, 2.45) is 0 Å². The van der Waals surface area contributed by atoms with Gasteiger partial charge in [0.15, 0.2) is 0 Å². The highest BCUT2D eigenvalue weighted by Gasteiger charge is 2.47. The Kier molecular flexibility index (Phi) is 6.86. The highest BCUT2D eigenvalue weighted by molar-refractivity contribution is 5.85. The average Bonchev–Trinajstić information content (AvgIpc) is 3.14. The van der Waals surface area contributed by atoms with Gasteiger partial charge in [0.05, 0.1) is 12.2 Å². The maximum Gasteiger partial charge on any atom is 0.416 e. The van der Waals surface area contributed by atoms with Crippen molar-refractivity contribution in [3.63, 3.8) is 0 Å². The third-order valence-corrected chi connectivity index (χ3v) is 5.98. The van der Waals surface area contributed by atoms with Crippen molar-refractivity contribution in [2.45, 2.75) is 44.7 Å². The van der Waals surface area contributed by atoms with Crippen molar-refractivity contribution < 1.29 is 22.7 Å². The molecule has 30 heavy (non-hydrogen) atoms. The zero-order chi connectivity index (χ0) is 21.8. The molecule has 0 aliphatic heterocycles. The van der Waals surface area contributed by atoms with Gasteiger partial charge in [-0.05, 0) is 55.1 Å². The number of alkyl halides is 3. The Hall–Kier alpha value is -2.34. The number of hydrogen-bond acceptors (Lipinski definition) is 3. The lowest BCUT2D eigenvalue weighted by molar-refractivity contribution is -0.151. The standard InChI is InChI=1S/C24H28F3NO2/c1-3-28(4-2)13-8-14-30-22(29)23(16-18-9-5-6-10-19(18)17-23)20-11-7-12-21(15-20)24(25,26)27/h5-7,9-12,15H,3-4,8,13-14,16-17H2,1-2H3. The Balaban J connectivity index is 1.85. The smallest absolute Gasteiger partial charge is 0.416 e. The minimum absolute atomic E-state index is 0.256. The Labute approximate surface area is 175 Å². The van der Waals surface area contributed by atoms with Crippen LogP contribution >= 0.6 is 0 Å². The lowest BCUT2D eigenvalue weighted by Gasteiger charge is -2.28. The fourth-order valence-corrected chi connectivity index (χ4v) is 4.21. The van der Waals surface area contributed by atoms with Gasteiger partial charge in [0.1, 0.15) is 5.41 Å². The maximum atomic E-state index is 13.3. The van der Waals surface area contributed by atoms with Crippen LogP contribution in [-0.2, 0) is 34.0 Å². The molecule has 0 atom stereocenters. The summed E-state index contributed by atoms with van der Waals surface area (Å²) < 4.78 is 45.6. The van der Waals surface area contributed by atoms with Crippen LogP contribution < -0.4 is 0 Å². The molecule has 2 aromatic carbocycles. The molecule has 0 bridgehead atoms. The molecule has 3 rings (SSSR count). The summed E-state index contributed by atoms with van der Waals surface area (Å²) in [7, 11) is 0. The van der Waals surface area contributed by atoms with Crippen LogP contribution in [0.5, 0.6) is 0 Å². The number of rotatable bonds is 8. The first-order valence-corrected chi connectivity index (χ1v) is 10.4. The average molecular weight is 419 g/mol. The number of halogens is 3. The van der Waals surface area contributed by atoms with E-state index in [4.69, 9.17) is 4.74 Å². The van der Waals surface area contributed by atoms with Gasteiger partial charge >= 0.3 is 12.1 Å². The van der Waals surface area contributed by atoms with Gasteiger partial charge in [-0.25, -0.2) is 0 Å². The van der Waals surface area contributed by atoms with Gasteiger partial charge in [0.25, 0.3) is 0 Å². The summed E-state index contributed by atoms with van der Waals surface area (Å²) in [6, 6.07) is 12.7. The molecule has 0 saturated heterocycles. The number of nitrogens with zero attached hydrogens (tertiary/aromatic N) is 1. The molecule has 1 aliphatic rings. The van der Waals surface area contributed by atoms with E-state index in [9.17, 15) is 18.0 Å². The Morgan fingerprint density at radius 3 is 2.23 bits per heavy atom. The number of hydrogen-bond donors (Lipinski definition) is 0. The molecule has 3 nitrogen and oxygen atoms in total. The molecule has 0 N–H and O–H groups in total. The van der Waals surface area contributed by atoms with E-state index in [1.54, 1.807) is 6.07 Å². The van der Waals surface area contributed by atoms with E-state index in [-0.39, 0.29) is 6.61 Å². The van der Waals surface area contributed by atoms with E-state index in [1.165, 1.54) is 6.07 Å². The fourth-order valence-electron chi connectivity index (χ4n) is 4.21. The summed E-state index contributed by atoms with van der Waals surface area (Å²) in [5, 5.41) is 0. The Morgan fingerprint density at radius 2 is 1.67 bits per heavy atom. The first-order valence-electron chi connectivity index (χ1n) is 10.4. The van der Waals surface area contributed by atoms with Crippen LogP contribution in [0.3, 0.4) is 0 Å². The Bertz CT molecular complexity index is 850. The predicted octanol–water partition coefficient (Wildman–Crippen LogP) is 5.02. The molecule has 0 heterocycles. The molecule has 0 spiro atoms. The minimum Gasteiger partial charge on any atom is -0.465 e. The maximum absolute atomic E-state index is 13.3. The number of fused-ring (bicyclic) bond motifs is 1. The largest absolute Gasteiger partial charge is 0.465 e. The summed E-state index contributed by atoms with van der Waals surface area (Å²) in [6.07, 6.45) is -3.08. The lowest BCUT2D eigenvalue weighted by Crippen LogP contribution is -2.39. The first kappa shape index (κ1) is 22.3. The summed E-state index contributed by atoms with van der Waals surface area (Å²) >= 11 is 0. The number of carbonyl (C=O) groups excluding carboxylic acids is 1. The minimum atomic E-state index is -4.46. The lowest BCUT2D eigenvalue weighted by atomic mass is 9.77.